The normalized spacial score (nSPS) is 23.5. The molecule has 2 heterocycles. The number of thiocarbonyl (C=S) groups is 1. The van der Waals surface area contributed by atoms with Gasteiger partial charge in [-0.3, -0.25) is 14.5 Å². The summed E-state index contributed by atoms with van der Waals surface area (Å²) in [5, 5.41) is 0.242. The van der Waals surface area contributed by atoms with Crippen molar-refractivity contribution >= 4 is 29.1 Å². The topological polar surface area (TPSA) is 43.9 Å². The van der Waals surface area contributed by atoms with Gasteiger partial charge in [0.2, 0.25) is 11.8 Å². The van der Waals surface area contributed by atoms with Crippen molar-refractivity contribution in [2.75, 3.05) is 26.2 Å². The molecule has 124 valence electrons. The zero-order valence-corrected chi connectivity index (χ0v) is 13.2. The molecule has 5 nitrogen and oxygen atoms in total. The molecule has 0 spiro atoms. The summed E-state index contributed by atoms with van der Waals surface area (Å²) in [5.41, 5.74) is 0. The molecule has 0 bridgehead atoms. The van der Waals surface area contributed by atoms with Crippen LogP contribution in [0.3, 0.4) is 0 Å². The molecule has 0 radical (unpaired) electrons. The van der Waals surface area contributed by atoms with E-state index >= 15 is 0 Å². The van der Waals surface area contributed by atoms with Crippen molar-refractivity contribution < 1.29 is 22.8 Å². The third kappa shape index (κ3) is 3.50. The smallest absolute Gasteiger partial charge is 0.339 e. The molecule has 0 aromatic rings. The van der Waals surface area contributed by atoms with Crippen LogP contribution in [0.15, 0.2) is 0 Å². The fourth-order valence-electron chi connectivity index (χ4n) is 2.79. The molecule has 9 heteroatoms. The summed E-state index contributed by atoms with van der Waals surface area (Å²) in [5.74, 6) is -0.719. The number of carbonyl (C=O) groups is 2. The molecular formula is C13H18F3N3O2S. The van der Waals surface area contributed by atoms with E-state index in [2.05, 4.69) is 0 Å². The summed E-state index contributed by atoms with van der Waals surface area (Å²) in [6, 6.07) is -0.903. The minimum Gasteiger partial charge on any atom is -0.339 e. The van der Waals surface area contributed by atoms with Crippen molar-refractivity contribution in [3.63, 3.8) is 0 Å². The van der Waals surface area contributed by atoms with Crippen LogP contribution in [0.4, 0.5) is 13.2 Å². The standard InChI is InChI=1S/C13H18F3N3O2S/c1-8(2)5-18-6-10(20)19(12(18)22)9-3-4-17(11(9)21)7-13(14,15)16/h8-9H,3-7H2,1-2H3. The van der Waals surface area contributed by atoms with Crippen molar-refractivity contribution in [1.82, 2.24) is 14.7 Å². The number of carbonyl (C=O) groups excluding carboxylic acids is 2. The largest absolute Gasteiger partial charge is 0.406 e. The third-order valence-electron chi connectivity index (χ3n) is 3.61. The first-order valence-electron chi connectivity index (χ1n) is 7.06. The molecule has 2 rings (SSSR count). The minimum absolute atomic E-state index is 0.0143. The van der Waals surface area contributed by atoms with E-state index in [1.807, 2.05) is 13.8 Å². The molecule has 2 aliphatic heterocycles. The summed E-state index contributed by atoms with van der Waals surface area (Å²) in [6.07, 6.45) is -4.26. The van der Waals surface area contributed by atoms with Gasteiger partial charge in [0.1, 0.15) is 12.6 Å². The fourth-order valence-corrected chi connectivity index (χ4v) is 3.16. The molecule has 0 N–H and O–H groups in total. The first-order chi connectivity index (χ1) is 10.1. The average Bonchev–Trinajstić information content (AvgIpc) is 2.80. The van der Waals surface area contributed by atoms with E-state index in [-0.39, 0.29) is 36.4 Å². The summed E-state index contributed by atoms with van der Waals surface area (Å²) in [6.45, 7) is 3.31. The van der Waals surface area contributed by atoms with E-state index in [1.54, 1.807) is 4.90 Å². The van der Waals surface area contributed by atoms with Crippen molar-refractivity contribution in [1.29, 1.82) is 0 Å². The Morgan fingerprint density at radius 3 is 2.45 bits per heavy atom. The fraction of sp³-hybridized carbons (Fsp3) is 0.769. The predicted molar refractivity (Wildman–Crippen MR) is 76.9 cm³/mol. The number of alkyl halides is 3. The van der Waals surface area contributed by atoms with Crippen LogP contribution in [0.2, 0.25) is 0 Å². The van der Waals surface area contributed by atoms with Crippen LogP contribution in [0.1, 0.15) is 20.3 Å². The van der Waals surface area contributed by atoms with Crippen molar-refractivity contribution in [2.24, 2.45) is 5.92 Å². The molecule has 0 aliphatic carbocycles. The van der Waals surface area contributed by atoms with Gasteiger partial charge < -0.3 is 9.80 Å². The zero-order chi connectivity index (χ0) is 16.7. The van der Waals surface area contributed by atoms with Crippen LogP contribution in [0.5, 0.6) is 0 Å². The Morgan fingerprint density at radius 2 is 1.91 bits per heavy atom. The number of hydrogen-bond donors (Lipinski definition) is 0. The van der Waals surface area contributed by atoms with Crippen LogP contribution >= 0.6 is 12.2 Å². The summed E-state index contributed by atoms with van der Waals surface area (Å²) >= 11 is 5.23. The first kappa shape index (κ1) is 17.0. The van der Waals surface area contributed by atoms with Gasteiger partial charge >= 0.3 is 6.18 Å². The Morgan fingerprint density at radius 1 is 1.27 bits per heavy atom. The average molecular weight is 337 g/mol. The lowest BCUT2D eigenvalue weighted by molar-refractivity contribution is -0.159. The number of likely N-dealkylation sites (tertiary alicyclic amines) is 1. The first-order valence-corrected chi connectivity index (χ1v) is 7.47. The lowest BCUT2D eigenvalue weighted by Gasteiger charge is -2.25. The molecule has 0 aromatic heterocycles. The Labute approximate surface area is 132 Å². The molecule has 2 aliphatic rings. The third-order valence-corrected chi connectivity index (χ3v) is 4.06. The van der Waals surface area contributed by atoms with E-state index in [1.165, 1.54) is 4.90 Å². The Hall–Kier alpha value is -1.38. The van der Waals surface area contributed by atoms with Crippen molar-refractivity contribution in [3.8, 4) is 0 Å². The molecule has 2 saturated heterocycles. The highest BCUT2D eigenvalue weighted by molar-refractivity contribution is 7.80. The lowest BCUT2D eigenvalue weighted by Crippen LogP contribution is -2.47. The predicted octanol–water partition coefficient (Wildman–Crippen LogP) is 1.23. The number of nitrogens with zero attached hydrogens (tertiary/aromatic N) is 3. The van der Waals surface area contributed by atoms with Crippen LogP contribution in [-0.4, -0.2) is 70.0 Å². The van der Waals surface area contributed by atoms with E-state index in [0.717, 1.165) is 4.90 Å². The highest BCUT2D eigenvalue weighted by Crippen LogP contribution is 2.26. The number of amides is 2. The second-order valence-corrected chi connectivity index (χ2v) is 6.37. The maximum absolute atomic E-state index is 12.4. The van der Waals surface area contributed by atoms with Gasteiger partial charge in [-0.25, -0.2) is 0 Å². The van der Waals surface area contributed by atoms with E-state index < -0.39 is 24.7 Å². The second kappa shape index (κ2) is 6.02. The second-order valence-electron chi connectivity index (χ2n) is 6.00. The molecular weight excluding hydrogens is 319 g/mol. The minimum atomic E-state index is -4.44. The molecule has 0 aromatic carbocycles. The van der Waals surface area contributed by atoms with Crippen LogP contribution in [-0.2, 0) is 9.59 Å². The number of hydrogen-bond acceptors (Lipinski definition) is 3. The summed E-state index contributed by atoms with van der Waals surface area (Å²) in [7, 11) is 0. The number of halogens is 3. The van der Waals surface area contributed by atoms with E-state index in [0.29, 0.717) is 6.54 Å². The monoisotopic (exact) mass is 337 g/mol. The molecule has 1 unspecified atom stereocenters. The van der Waals surface area contributed by atoms with Gasteiger partial charge in [0, 0.05) is 13.1 Å². The zero-order valence-electron chi connectivity index (χ0n) is 12.4. The Bertz CT molecular complexity index is 495. The van der Waals surface area contributed by atoms with E-state index in [9.17, 15) is 22.8 Å². The van der Waals surface area contributed by atoms with Crippen LogP contribution in [0.25, 0.3) is 0 Å². The summed E-state index contributed by atoms with van der Waals surface area (Å²) in [4.78, 5) is 27.9. The molecule has 2 fully saturated rings. The van der Waals surface area contributed by atoms with Gasteiger partial charge in [-0.15, -0.1) is 0 Å². The van der Waals surface area contributed by atoms with Gasteiger partial charge in [0.05, 0.1) is 6.54 Å². The van der Waals surface area contributed by atoms with Crippen molar-refractivity contribution in [3.05, 3.63) is 0 Å². The Kier molecular flexibility index (Phi) is 4.65. The summed E-state index contributed by atoms with van der Waals surface area (Å²) < 4.78 is 37.3. The van der Waals surface area contributed by atoms with Gasteiger partial charge in [-0.2, -0.15) is 13.2 Å². The molecule has 1 atom stereocenters. The lowest BCUT2D eigenvalue weighted by atomic mass is 10.2. The molecule has 22 heavy (non-hydrogen) atoms. The van der Waals surface area contributed by atoms with Gasteiger partial charge in [0.15, 0.2) is 5.11 Å². The highest BCUT2D eigenvalue weighted by atomic mass is 32.1. The van der Waals surface area contributed by atoms with Crippen LogP contribution in [0, 0.1) is 5.92 Å². The van der Waals surface area contributed by atoms with Crippen molar-refractivity contribution in [2.45, 2.75) is 32.5 Å². The maximum Gasteiger partial charge on any atom is 0.406 e. The maximum atomic E-state index is 12.4. The van der Waals surface area contributed by atoms with E-state index in [4.69, 9.17) is 12.2 Å². The van der Waals surface area contributed by atoms with Gasteiger partial charge in [-0.1, -0.05) is 13.8 Å². The Balaban J connectivity index is 2.08. The van der Waals surface area contributed by atoms with Crippen LogP contribution < -0.4 is 0 Å². The molecule has 2 amide bonds. The van der Waals surface area contributed by atoms with Gasteiger partial charge in [-0.05, 0) is 24.6 Å². The SMILES string of the molecule is CC(C)CN1CC(=O)N(C2CCN(CC(F)(F)F)C2=O)C1=S. The quantitative estimate of drug-likeness (QED) is 0.724. The van der Waals surface area contributed by atoms with Gasteiger partial charge in [0.25, 0.3) is 0 Å². The molecule has 0 saturated carbocycles. The number of rotatable bonds is 4. The highest BCUT2D eigenvalue weighted by Gasteiger charge is 2.47.